The molecule has 3 heterocycles. The Morgan fingerprint density at radius 1 is 0.964 bits per heavy atom. The molecular weight excluding hydrogens is 376 g/mol. The van der Waals surface area contributed by atoms with Crippen molar-refractivity contribution in [3.8, 4) is 0 Å². The van der Waals surface area contributed by atoms with E-state index in [0.29, 0.717) is 0 Å². The van der Waals surface area contributed by atoms with Crippen molar-refractivity contribution in [2.24, 2.45) is 0 Å². The molecule has 0 aromatic rings. The monoisotopic (exact) mass is 402 g/mol. The topological polar surface area (TPSA) is 142 Å². The molecule has 3 fully saturated rings. The summed E-state index contributed by atoms with van der Waals surface area (Å²) in [7, 11) is 0. The van der Waals surface area contributed by atoms with Crippen molar-refractivity contribution in [2.75, 3.05) is 6.54 Å². The average Bonchev–Trinajstić information content (AvgIpc) is 3.05. The van der Waals surface area contributed by atoms with Crippen LogP contribution in [0.2, 0.25) is 0 Å². The molecule has 3 aliphatic rings. The van der Waals surface area contributed by atoms with Crippen LogP contribution in [0.25, 0.3) is 0 Å². The number of amides is 2. The summed E-state index contributed by atoms with van der Waals surface area (Å²) in [5, 5.41) is 13.5. The molecule has 158 valence electrons. The number of fused-ring (bicyclic) bond motifs is 3. The second kappa shape index (κ2) is 7.23. The molecule has 0 aliphatic carbocycles. The van der Waals surface area contributed by atoms with Gasteiger partial charge in [0, 0.05) is 0 Å². The number of carbonyl (C=O) groups excluding carboxylic acids is 2. The summed E-state index contributed by atoms with van der Waals surface area (Å²) < 4.78 is 29.1. The SMILES string of the molecule is CC(NC(=O)CNC(=O)C1O[C@@H]2OC(C)(C)O[C@@H]2[C@H]2OC(C)(C)O[C@@H]12)C(=O)O. The number of hydrogen-bond donors (Lipinski definition) is 3. The Hall–Kier alpha value is -1.79. The van der Waals surface area contributed by atoms with Gasteiger partial charge in [0.25, 0.3) is 5.91 Å². The number of carbonyl (C=O) groups is 3. The Kier molecular flexibility index (Phi) is 5.40. The minimum Gasteiger partial charge on any atom is -0.480 e. The highest BCUT2D eigenvalue weighted by molar-refractivity contribution is 5.89. The van der Waals surface area contributed by atoms with E-state index < -0.39 is 72.7 Å². The van der Waals surface area contributed by atoms with Gasteiger partial charge in [0.2, 0.25) is 5.91 Å². The van der Waals surface area contributed by atoms with Gasteiger partial charge >= 0.3 is 5.97 Å². The maximum atomic E-state index is 12.7. The van der Waals surface area contributed by atoms with Gasteiger partial charge in [-0.25, -0.2) is 0 Å². The summed E-state index contributed by atoms with van der Waals surface area (Å²) in [6.45, 7) is 7.81. The molecule has 2 unspecified atom stereocenters. The summed E-state index contributed by atoms with van der Waals surface area (Å²) in [5.41, 5.74) is 0. The van der Waals surface area contributed by atoms with Gasteiger partial charge in [-0.05, 0) is 34.6 Å². The zero-order valence-electron chi connectivity index (χ0n) is 16.4. The van der Waals surface area contributed by atoms with Crippen LogP contribution in [0.5, 0.6) is 0 Å². The highest BCUT2D eigenvalue weighted by Gasteiger charge is 2.62. The van der Waals surface area contributed by atoms with Crippen LogP contribution in [0.3, 0.4) is 0 Å². The molecule has 3 saturated heterocycles. The van der Waals surface area contributed by atoms with Gasteiger partial charge in [0.1, 0.15) is 24.4 Å². The van der Waals surface area contributed by atoms with E-state index in [1.54, 1.807) is 27.7 Å². The van der Waals surface area contributed by atoms with Crippen molar-refractivity contribution < 1.29 is 43.2 Å². The van der Waals surface area contributed by atoms with Crippen LogP contribution >= 0.6 is 0 Å². The van der Waals surface area contributed by atoms with Crippen molar-refractivity contribution in [2.45, 2.75) is 82.9 Å². The predicted molar refractivity (Wildman–Crippen MR) is 90.8 cm³/mol. The van der Waals surface area contributed by atoms with E-state index in [4.69, 9.17) is 28.8 Å². The maximum absolute atomic E-state index is 12.7. The van der Waals surface area contributed by atoms with Crippen LogP contribution in [0.4, 0.5) is 0 Å². The number of rotatable bonds is 5. The first-order valence-corrected chi connectivity index (χ1v) is 9.05. The molecule has 0 spiro atoms. The van der Waals surface area contributed by atoms with Gasteiger partial charge in [-0.2, -0.15) is 0 Å². The molecule has 11 nitrogen and oxygen atoms in total. The lowest BCUT2D eigenvalue weighted by atomic mass is 9.98. The number of nitrogens with one attached hydrogen (secondary N) is 2. The Labute approximate surface area is 162 Å². The molecular formula is C17H26N2O9. The Bertz CT molecular complexity index is 665. The smallest absolute Gasteiger partial charge is 0.325 e. The first-order valence-electron chi connectivity index (χ1n) is 9.05. The minimum absolute atomic E-state index is 0.408. The van der Waals surface area contributed by atoms with Gasteiger partial charge in [-0.15, -0.1) is 0 Å². The normalized spacial score (nSPS) is 36.1. The molecule has 11 heteroatoms. The fourth-order valence-corrected chi connectivity index (χ4v) is 3.45. The van der Waals surface area contributed by atoms with Crippen molar-refractivity contribution >= 4 is 17.8 Å². The summed E-state index contributed by atoms with van der Waals surface area (Å²) in [4.78, 5) is 35.3. The van der Waals surface area contributed by atoms with Crippen LogP contribution < -0.4 is 10.6 Å². The van der Waals surface area contributed by atoms with Crippen LogP contribution in [0, 0.1) is 0 Å². The fraction of sp³-hybridized carbons (Fsp3) is 0.824. The summed E-state index contributed by atoms with van der Waals surface area (Å²) in [5.74, 6) is -4.27. The quantitative estimate of drug-likeness (QED) is 0.533. The molecule has 3 aliphatic heterocycles. The molecule has 0 aromatic heterocycles. The average molecular weight is 402 g/mol. The molecule has 0 radical (unpaired) electrons. The van der Waals surface area contributed by atoms with Gasteiger partial charge < -0.3 is 39.4 Å². The Balaban J connectivity index is 1.66. The van der Waals surface area contributed by atoms with Gasteiger partial charge in [-0.1, -0.05) is 0 Å². The van der Waals surface area contributed by atoms with Crippen molar-refractivity contribution in [1.29, 1.82) is 0 Å². The Morgan fingerprint density at radius 2 is 1.54 bits per heavy atom. The summed E-state index contributed by atoms with van der Waals surface area (Å²) >= 11 is 0. The standard InChI is InChI=1S/C17H26N2O9/c1-7(14(22)23)19-8(20)6-18-13(21)11-9-10(26-16(2,3)25-9)12-15(24-11)28-17(4,5)27-12/h7,9-12,15H,6H2,1-5H3,(H,18,21)(H,19,20)(H,22,23)/t7?,9-,10+,11?,12-,15-/m1/s1. The lowest BCUT2D eigenvalue weighted by Crippen LogP contribution is -2.60. The molecule has 0 bridgehead atoms. The molecule has 3 rings (SSSR count). The molecule has 28 heavy (non-hydrogen) atoms. The molecule has 3 N–H and O–H groups in total. The third-order valence-electron chi connectivity index (χ3n) is 4.58. The Morgan fingerprint density at radius 3 is 2.18 bits per heavy atom. The highest BCUT2D eigenvalue weighted by Crippen LogP contribution is 2.44. The minimum atomic E-state index is -1.18. The van der Waals surface area contributed by atoms with Crippen LogP contribution in [-0.2, 0) is 38.1 Å². The zero-order valence-corrected chi connectivity index (χ0v) is 16.4. The number of aliphatic carboxylic acids is 1. The van der Waals surface area contributed by atoms with Crippen LogP contribution in [-0.4, -0.2) is 77.8 Å². The van der Waals surface area contributed by atoms with Crippen molar-refractivity contribution in [1.82, 2.24) is 10.6 Å². The van der Waals surface area contributed by atoms with E-state index in [1.807, 2.05) is 0 Å². The van der Waals surface area contributed by atoms with E-state index in [-0.39, 0.29) is 0 Å². The van der Waals surface area contributed by atoms with E-state index in [0.717, 1.165) is 0 Å². The first-order chi connectivity index (χ1) is 12.9. The first kappa shape index (κ1) is 20.9. The summed E-state index contributed by atoms with van der Waals surface area (Å²) in [6.07, 6.45) is -3.83. The van der Waals surface area contributed by atoms with Gasteiger partial charge in [-0.3, -0.25) is 14.4 Å². The van der Waals surface area contributed by atoms with Crippen molar-refractivity contribution in [3.63, 3.8) is 0 Å². The molecule has 2 amide bonds. The molecule has 0 aromatic carbocycles. The predicted octanol–water partition coefficient (Wildman–Crippen LogP) is -0.912. The molecule has 6 atom stereocenters. The van der Waals surface area contributed by atoms with E-state index >= 15 is 0 Å². The number of hydrogen-bond acceptors (Lipinski definition) is 8. The van der Waals surface area contributed by atoms with E-state index in [2.05, 4.69) is 10.6 Å². The van der Waals surface area contributed by atoms with Crippen LogP contribution in [0.1, 0.15) is 34.6 Å². The third-order valence-corrected chi connectivity index (χ3v) is 4.58. The largest absolute Gasteiger partial charge is 0.480 e. The van der Waals surface area contributed by atoms with Crippen molar-refractivity contribution in [3.05, 3.63) is 0 Å². The number of ether oxygens (including phenoxy) is 5. The third kappa shape index (κ3) is 4.28. The van der Waals surface area contributed by atoms with E-state index in [9.17, 15) is 14.4 Å². The highest BCUT2D eigenvalue weighted by atomic mass is 16.9. The molecule has 0 saturated carbocycles. The number of carboxylic acid groups (broad SMARTS) is 1. The van der Waals surface area contributed by atoms with Crippen LogP contribution in [0.15, 0.2) is 0 Å². The lowest BCUT2D eigenvalue weighted by Gasteiger charge is -2.36. The zero-order chi connectivity index (χ0) is 20.9. The number of carboxylic acids is 1. The maximum Gasteiger partial charge on any atom is 0.325 e. The van der Waals surface area contributed by atoms with Gasteiger partial charge in [0.15, 0.2) is 24.0 Å². The second-order valence-corrected chi connectivity index (χ2v) is 7.94. The van der Waals surface area contributed by atoms with Gasteiger partial charge in [0.05, 0.1) is 6.54 Å². The summed E-state index contributed by atoms with van der Waals surface area (Å²) in [6, 6.07) is -1.07. The lowest BCUT2D eigenvalue weighted by molar-refractivity contribution is -0.231. The fourth-order valence-electron chi connectivity index (χ4n) is 3.45. The second-order valence-electron chi connectivity index (χ2n) is 7.94. The van der Waals surface area contributed by atoms with E-state index in [1.165, 1.54) is 6.92 Å².